The molecule has 13 heteroatoms. The fourth-order valence-electron chi connectivity index (χ4n) is 5.05. The van der Waals surface area contributed by atoms with Crippen molar-refractivity contribution in [3.63, 3.8) is 0 Å². The average Bonchev–Trinajstić information content (AvgIpc) is 3.10. The third-order valence-electron chi connectivity index (χ3n) is 7.74. The van der Waals surface area contributed by atoms with Crippen LogP contribution in [0.15, 0.2) is 66.7 Å². The lowest BCUT2D eigenvalue weighted by molar-refractivity contribution is -0.138. The number of alkyl halides is 3. The third-order valence-corrected chi connectivity index (χ3v) is 7.74. The summed E-state index contributed by atoms with van der Waals surface area (Å²) in [6.07, 6.45) is 6.55. The number of hydrogen-bond donors (Lipinski definition) is 2. The number of halogens is 3. The van der Waals surface area contributed by atoms with Gasteiger partial charge in [-0.25, -0.2) is 14.4 Å². The van der Waals surface area contributed by atoms with Gasteiger partial charge < -0.3 is 35.2 Å². The maximum absolute atomic E-state index is 12.7. The third kappa shape index (κ3) is 16.2. The van der Waals surface area contributed by atoms with E-state index in [9.17, 15) is 27.6 Å². The molecule has 0 atom stereocenters. The van der Waals surface area contributed by atoms with Crippen LogP contribution in [0.1, 0.15) is 96.9 Å². The van der Waals surface area contributed by atoms with E-state index in [1.165, 1.54) is 31.4 Å². The highest BCUT2D eigenvalue weighted by atomic mass is 19.4. The number of carbonyl (C=O) groups is 3. The molecule has 52 heavy (non-hydrogen) atoms. The Labute approximate surface area is 302 Å². The predicted octanol–water partition coefficient (Wildman–Crippen LogP) is 8.72. The van der Waals surface area contributed by atoms with Crippen LogP contribution in [-0.2, 0) is 14.3 Å². The lowest BCUT2D eigenvalue weighted by Gasteiger charge is -2.12. The maximum atomic E-state index is 12.7. The molecule has 0 aromatic heterocycles. The topological polar surface area (TPSA) is 149 Å². The molecule has 0 aliphatic heterocycles. The molecule has 0 saturated carbocycles. The number of carbonyl (C=O) groups excluding carboxylic acids is 3. The smallest absolute Gasteiger partial charge is 0.389 e. The van der Waals surface area contributed by atoms with Crippen LogP contribution in [0.25, 0.3) is 6.08 Å². The van der Waals surface area contributed by atoms with Gasteiger partial charge in [0.05, 0.1) is 38.1 Å². The minimum absolute atomic E-state index is 0.156. The van der Waals surface area contributed by atoms with Crippen LogP contribution >= 0.6 is 0 Å². The molecule has 4 N–H and O–H groups in total. The Kier molecular flexibility index (Phi) is 17.4. The van der Waals surface area contributed by atoms with Crippen LogP contribution < -0.4 is 25.7 Å². The van der Waals surface area contributed by atoms with Crippen molar-refractivity contribution in [2.45, 2.75) is 76.8 Å². The van der Waals surface area contributed by atoms with Crippen LogP contribution in [0.2, 0.25) is 0 Å². The lowest BCUT2D eigenvalue weighted by atomic mass is 10.1. The van der Waals surface area contributed by atoms with E-state index in [1.54, 1.807) is 48.5 Å². The zero-order valence-corrected chi connectivity index (χ0v) is 29.4. The molecular formula is C39H47F3N2O8. The fraction of sp³-hybridized carbons (Fsp3) is 0.410. The summed E-state index contributed by atoms with van der Waals surface area (Å²) in [5.41, 5.74) is 13.5. The molecule has 0 fully saturated rings. The van der Waals surface area contributed by atoms with Crippen LogP contribution in [0.4, 0.5) is 24.5 Å². The number of unbranched alkanes of at least 4 members (excludes halogenated alkanes) is 8. The summed E-state index contributed by atoms with van der Waals surface area (Å²) in [6.45, 7) is 0.549. The number of hydrogen-bond acceptors (Lipinski definition) is 10. The molecule has 0 heterocycles. The van der Waals surface area contributed by atoms with Crippen LogP contribution in [0.3, 0.4) is 0 Å². The molecule has 3 aromatic rings. The summed E-state index contributed by atoms with van der Waals surface area (Å²) in [7, 11) is 1.36. The zero-order chi connectivity index (χ0) is 37.8. The number of esters is 3. The van der Waals surface area contributed by atoms with Crippen molar-refractivity contribution in [1.29, 1.82) is 0 Å². The zero-order valence-electron chi connectivity index (χ0n) is 29.4. The first-order valence-electron chi connectivity index (χ1n) is 17.3. The van der Waals surface area contributed by atoms with Crippen molar-refractivity contribution in [3.8, 4) is 17.2 Å². The Morgan fingerprint density at radius 3 is 1.85 bits per heavy atom. The van der Waals surface area contributed by atoms with Crippen molar-refractivity contribution in [2.24, 2.45) is 0 Å². The molecule has 0 radical (unpaired) electrons. The van der Waals surface area contributed by atoms with Crippen molar-refractivity contribution in [3.05, 3.63) is 83.4 Å². The molecule has 10 nitrogen and oxygen atoms in total. The summed E-state index contributed by atoms with van der Waals surface area (Å²) >= 11 is 0. The summed E-state index contributed by atoms with van der Waals surface area (Å²) in [5, 5.41) is 0. The molecule has 0 amide bonds. The van der Waals surface area contributed by atoms with Gasteiger partial charge in [0.2, 0.25) is 0 Å². The first-order chi connectivity index (χ1) is 24.9. The lowest BCUT2D eigenvalue weighted by Crippen LogP contribution is -2.11. The van der Waals surface area contributed by atoms with Crippen molar-refractivity contribution in [1.82, 2.24) is 0 Å². The molecule has 0 unspecified atom stereocenters. The quantitative estimate of drug-likeness (QED) is 0.0338. The number of anilines is 2. The number of nitrogen functional groups attached to an aromatic ring is 2. The monoisotopic (exact) mass is 728 g/mol. The van der Waals surface area contributed by atoms with Gasteiger partial charge in [0.15, 0.2) is 11.5 Å². The first kappa shape index (κ1) is 41.2. The van der Waals surface area contributed by atoms with Crippen molar-refractivity contribution in [2.75, 3.05) is 38.4 Å². The Bertz CT molecular complexity index is 1590. The Morgan fingerprint density at radius 1 is 0.654 bits per heavy atom. The first-order valence-corrected chi connectivity index (χ1v) is 17.3. The van der Waals surface area contributed by atoms with Crippen LogP contribution in [-0.4, -0.2) is 51.0 Å². The molecule has 0 saturated heterocycles. The largest absolute Gasteiger partial charge is 0.493 e. The van der Waals surface area contributed by atoms with Gasteiger partial charge in [-0.05, 0) is 79.4 Å². The minimum Gasteiger partial charge on any atom is -0.493 e. The molecule has 3 aromatic carbocycles. The van der Waals surface area contributed by atoms with Gasteiger partial charge >= 0.3 is 24.1 Å². The Morgan fingerprint density at radius 2 is 1.25 bits per heavy atom. The SMILES string of the molecule is COc1cc(C(=O)Oc2ccc(/C=C/C(=O)OCCCCCCCCCCCOC(=O)c3cc(N)cc(N)c3)cc2)ccc1OCCCC(F)(F)F. The number of ether oxygens (including phenoxy) is 5. The Balaban J connectivity index is 1.22. The molecule has 282 valence electrons. The number of methoxy groups -OCH3 is 1. The van der Waals surface area contributed by atoms with Crippen LogP contribution in [0, 0.1) is 0 Å². The van der Waals surface area contributed by atoms with E-state index in [2.05, 4.69) is 0 Å². The number of nitrogens with two attached hydrogens (primary N) is 2. The predicted molar refractivity (Wildman–Crippen MR) is 192 cm³/mol. The van der Waals surface area contributed by atoms with E-state index >= 15 is 0 Å². The molecule has 0 bridgehead atoms. The van der Waals surface area contributed by atoms with E-state index in [0.29, 0.717) is 35.7 Å². The second kappa shape index (κ2) is 21.9. The van der Waals surface area contributed by atoms with Crippen molar-refractivity contribution < 1.29 is 51.2 Å². The van der Waals surface area contributed by atoms with E-state index in [0.717, 1.165) is 57.8 Å². The summed E-state index contributed by atoms with van der Waals surface area (Å²) in [6, 6.07) is 15.5. The van der Waals surface area contributed by atoms with E-state index < -0.39 is 30.5 Å². The molecule has 0 aliphatic carbocycles. The van der Waals surface area contributed by atoms with Gasteiger partial charge in [0, 0.05) is 23.9 Å². The van der Waals surface area contributed by atoms with Gasteiger partial charge in [-0.3, -0.25) is 0 Å². The minimum atomic E-state index is -4.26. The molecular weight excluding hydrogens is 681 g/mol. The van der Waals surface area contributed by atoms with Crippen molar-refractivity contribution >= 4 is 35.4 Å². The van der Waals surface area contributed by atoms with Gasteiger partial charge in [-0.15, -0.1) is 0 Å². The highest BCUT2D eigenvalue weighted by Gasteiger charge is 2.26. The summed E-state index contributed by atoms with van der Waals surface area (Å²) in [5.74, 6) is -0.846. The van der Waals surface area contributed by atoms with E-state index in [4.69, 9.17) is 35.2 Å². The molecule has 0 spiro atoms. The highest BCUT2D eigenvalue weighted by Crippen LogP contribution is 2.30. The summed E-state index contributed by atoms with van der Waals surface area (Å²) < 4.78 is 63.6. The van der Waals surface area contributed by atoms with E-state index in [-0.39, 0.29) is 35.8 Å². The second-order valence-corrected chi connectivity index (χ2v) is 12.1. The highest BCUT2D eigenvalue weighted by molar-refractivity contribution is 5.92. The van der Waals surface area contributed by atoms with E-state index in [1.807, 2.05) is 0 Å². The van der Waals surface area contributed by atoms with Gasteiger partial charge in [-0.2, -0.15) is 13.2 Å². The second-order valence-electron chi connectivity index (χ2n) is 12.1. The van der Waals surface area contributed by atoms with Gasteiger partial charge in [0.1, 0.15) is 5.75 Å². The fourth-order valence-corrected chi connectivity index (χ4v) is 5.05. The summed E-state index contributed by atoms with van der Waals surface area (Å²) in [4.78, 5) is 36.9. The maximum Gasteiger partial charge on any atom is 0.389 e. The molecule has 3 rings (SSSR count). The number of benzene rings is 3. The number of rotatable bonds is 22. The Hall–Kier alpha value is -5.20. The standard InChI is InChI=1S/C39H47F3N2O8/c1-48-35-26-29(15-18-34(35)49-23-11-20-39(40,41)42)38(47)52-33-16-12-28(13-17-33)14-19-36(45)50-21-9-7-5-3-2-4-6-8-10-22-51-37(46)30-24-31(43)27-32(44)25-30/h12-19,24-27H,2-11,20-23,43-44H2,1H3/b19-14+. The normalized spacial score (nSPS) is 11.3. The van der Waals surface area contributed by atoms with Gasteiger partial charge in [-0.1, -0.05) is 57.1 Å². The molecule has 0 aliphatic rings. The average molecular weight is 729 g/mol. The van der Waals surface area contributed by atoms with Crippen LogP contribution in [0.5, 0.6) is 17.2 Å². The van der Waals surface area contributed by atoms with Gasteiger partial charge in [0.25, 0.3) is 0 Å².